The van der Waals surface area contributed by atoms with Gasteiger partial charge in [0.2, 0.25) is 0 Å². The molecule has 0 saturated carbocycles. The predicted octanol–water partition coefficient (Wildman–Crippen LogP) is 4.61. The monoisotopic (exact) mass is 283 g/mol. The lowest BCUT2D eigenvalue weighted by Crippen LogP contribution is -1.95. The molecule has 102 valence electrons. The minimum absolute atomic E-state index is 0.884. The van der Waals surface area contributed by atoms with Crippen LogP contribution in [0.4, 0.5) is 11.5 Å². The van der Waals surface area contributed by atoms with Crippen molar-refractivity contribution in [3.8, 4) is 0 Å². The van der Waals surface area contributed by atoms with E-state index in [1.165, 1.54) is 16.0 Å². The topological polar surface area (TPSA) is 37.8 Å². The molecule has 0 bridgehead atoms. The van der Waals surface area contributed by atoms with Gasteiger partial charge in [0.15, 0.2) is 0 Å². The van der Waals surface area contributed by atoms with Crippen LogP contribution in [-0.4, -0.2) is 9.97 Å². The Balaban J connectivity index is 2.01. The normalized spacial score (nSPS) is 10.9. The fraction of sp³-hybridized carbons (Fsp3) is 0.250. The number of aryl methyl sites for hydroxylation is 3. The van der Waals surface area contributed by atoms with E-state index in [1.54, 1.807) is 17.7 Å². The first-order valence-corrected chi connectivity index (χ1v) is 7.56. The lowest BCUT2D eigenvalue weighted by atomic mass is 10.1. The van der Waals surface area contributed by atoms with Crippen molar-refractivity contribution in [3.63, 3.8) is 0 Å². The van der Waals surface area contributed by atoms with Crippen LogP contribution in [-0.2, 0) is 6.42 Å². The van der Waals surface area contributed by atoms with Crippen LogP contribution in [0.1, 0.15) is 22.9 Å². The van der Waals surface area contributed by atoms with Crippen molar-refractivity contribution in [3.05, 3.63) is 46.6 Å². The van der Waals surface area contributed by atoms with Crippen molar-refractivity contribution in [2.75, 3.05) is 5.32 Å². The molecule has 1 N–H and O–H groups in total. The van der Waals surface area contributed by atoms with Crippen molar-refractivity contribution >= 4 is 33.1 Å². The Kier molecular flexibility index (Phi) is 3.40. The number of fused-ring (bicyclic) bond motifs is 1. The minimum atomic E-state index is 0.884. The molecule has 0 unspecified atom stereocenters. The highest BCUT2D eigenvalue weighted by Crippen LogP contribution is 2.30. The molecule has 0 spiro atoms. The third-order valence-electron chi connectivity index (χ3n) is 3.50. The smallest absolute Gasteiger partial charge is 0.142 e. The molecule has 2 heterocycles. The quantitative estimate of drug-likeness (QED) is 0.762. The predicted molar refractivity (Wildman–Crippen MR) is 86.0 cm³/mol. The first-order chi connectivity index (χ1) is 9.67. The maximum atomic E-state index is 4.39. The molecule has 1 aromatic carbocycles. The number of rotatable bonds is 3. The zero-order valence-electron chi connectivity index (χ0n) is 11.9. The van der Waals surface area contributed by atoms with Gasteiger partial charge in [0, 0.05) is 10.6 Å². The van der Waals surface area contributed by atoms with Crippen molar-refractivity contribution in [2.24, 2.45) is 0 Å². The van der Waals surface area contributed by atoms with E-state index in [2.05, 4.69) is 60.3 Å². The second kappa shape index (κ2) is 5.21. The van der Waals surface area contributed by atoms with Gasteiger partial charge in [-0.15, -0.1) is 11.3 Å². The zero-order valence-corrected chi connectivity index (χ0v) is 12.7. The Bertz CT molecular complexity index is 762. The summed E-state index contributed by atoms with van der Waals surface area (Å²) in [5.41, 5.74) is 3.64. The number of aromatic nitrogens is 2. The maximum absolute atomic E-state index is 4.39. The molecule has 3 rings (SSSR count). The molecule has 2 aromatic heterocycles. The highest BCUT2D eigenvalue weighted by atomic mass is 32.1. The molecule has 0 radical (unpaired) electrons. The molecule has 0 atom stereocenters. The SMILES string of the molecule is CCc1cc2c(Nc3ccc(C)c(C)c3)ncnc2s1. The Hall–Kier alpha value is -1.94. The molecule has 0 saturated heterocycles. The van der Waals surface area contributed by atoms with Crippen LogP contribution in [0.3, 0.4) is 0 Å². The fourth-order valence-corrected chi connectivity index (χ4v) is 3.07. The summed E-state index contributed by atoms with van der Waals surface area (Å²) in [7, 11) is 0. The van der Waals surface area contributed by atoms with Crippen LogP contribution in [0.15, 0.2) is 30.6 Å². The van der Waals surface area contributed by atoms with Gasteiger partial charge < -0.3 is 5.32 Å². The number of nitrogens with one attached hydrogen (secondary N) is 1. The van der Waals surface area contributed by atoms with Gasteiger partial charge in [-0.25, -0.2) is 9.97 Å². The van der Waals surface area contributed by atoms with E-state index in [1.807, 2.05) is 0 Å². The van der Waals surface area contributed by atoms with Gasteiger partial charge in [-0.2, -0.15) is 0 Å². The van der Waals surface area contributed by atoms with Crippen molar-refractivity contribution in [1.29, 1.82) is 0 Å². The number of anilines is 2. The van der Waals surface area contributed by atoms with Gasteiger partial charge in [0.05, 0.1) is 5.39 Å². The van der Waals surface area contributed by atoms with E-state index in [9.17, 15) is 0 Å². The van der Waals surface area contributed by atoms with E-state index in [4.69, 9.17) is 0 Å². The van der Waals surface area contributed by atoms with Crippen LogP contribution < -0.4 is 5.32 Å². The van der Waals surface area contributed by atoms with Crippen molar-refractivity contribution < 1.29 is 0 Å². The number of hydrogen-bond donors (Lipinski definition) is 1. The Morgan fingerprint density at radius 1 is 1.10 bits per heavy atom. The number of hydrogen-bond acceptors (Lipinski definition) is 4. The van der Waals surface area contributed by atoms with Gasteiger partial charge in [-0.3, -0.25) is 0 Å². The number of thiophene rings is 1. The first kappa shape index (κ1) is 13.1. The molecule has 3 nitrogen and oxygen atoms in total. The van der Waals surface area contributed by atoms with E-state index in [-0.39, 0.29) is 0 Å². The number of nitrogens with zero attached hydrogens (tertiary/aromatic N) is 2. The van der Waals surface area contributed by atoms with Gasteiger partial charge >= 0.3 is 0 Å². The summed E-state index contributed by atoms with van der Waals surface area (Å²) < 4.78 is 0. The fourth-order valence-electron chi connectivity index (χ4n) is 2.14. The van der Waals surface area contributed by atoms with E-state index in [0.717, 1.165) is 28.1 Å². The van der Waals surface area contributed by atoms with Crippen LogP contribution in [0.5, 0.6) is 0 Å². The molecular formula is C16H17N3S. The van der Waals surface area contributed by atoms with Gasteiger partial charge in [0.1, 0.15) is 17.0 Å². The highest BCUT2D eigenvalue weighted by Gasteiger charge is 2.08. The van der Waals surface area contributed by atoms with Crippen LogP contribution in [0, 0.1) is 13.8 Å². The molecular weight excluding hydrogens is 266 g/mol. The van der Waals surface area contributed by atoms with Crippen molar-refractivity contribution in [2.45, 2.75) is 27.2 Å². The first-order valence-electron chi connectivity index (χ1n) is 6.75. The Morgan fingerprint density at radius 3 is 2.70 bits per heavy atom. The third-order valence-corrected chi connectivity index (χ3v) is 4.69. The largest absolute Gasteiger partial charge is 0.340 e. The van der Waals surface area contributed by atoms with Gasteiger partial charge in [0.25, 0.3) is 0 Å². The third kappa shape index (κ3) is 2.39. The molecule has 20 heavy (non-hydrogen) atoms. The van der Waals surface area contributed by atoms with E-state index >= 15 is 0 Å². The second-order valence-corrected chi connectivity index (χ2v) is 6.05. The maximum Gasteiger partial charge on any atom is 0.142 e. The molecule has 3 aromatic rings. The van der Waals surface area contributed by atoms with Gasteiger partial charge in [-0.1, -0.05) is 13.0 Å². The molecule has 4 heteroatoms. The van der Waals surface area contributed by atoms with Crippen LogP contribution >= 0.6 is 11.3 Å². The number of benzene rings is 1. The minimum Gasteiger partial charge on any atom is -0.340 e. The standard InChI is InChI=1S/C16H17N3S/c1-4-13-8-14-15(17-9-18-16(14)20-13)19-12-6-5-10(2)11(3)7-12/h5-9H,4H2,1-3H3,(H,17,18,19). The summed E-state index contributed by atoms with van der Waals surface area (Å²) in [6.07, 6.45) is 2.66. The lowest BCUT2D eigenvalue weighted by molar-refractivity contribution is 1.19. The average Bonchev–Trinajstić information content (AvgIpc) is 2.87. The summed E-state index contributed by atoms with van der Waals surface area (Å²) in [5, 5.41) is 4.51. The molecule has 0 aliphatic rings. The lowest BCUT2D eigenvalue weighted by Gasteiger charge is -2.08. The molecule has 0 aliphatic carbocycles. The highest BCUT2D eigenvalue weighted by molar-refractivity contribution is 7.18. The Labute approximate surface area is 122 Å². The summed E-state index contributed by atoms with van der Waals surface area (Å²) in [4.78, 5) is 11.1. The summed E-state index contributed by atoms with van der Waals surface area (Å²) >= 11 is 1.74. The van der Waals surface area contributed by atoms with Crippen molar-refractivity contribution in [1.82, 2.24) is 9.97 Å². The van der Waals surface area contributed by atoms with Crippen LogP contribution in [0.2, 0.25) is 0 Å². The molecule has 0 aliphatic heterocycles. The summed E-state index contributed by atoms with van der Waals surface area (Å²) in [6, 6.07) is 8.55. The van der Waals surface area contributed by atoms with E-state index < -0.39 is 0 Å². The molecule has 0 amide bonds. The van der Waals surface area contributed by atoms with Crippen LogP contribution in [0.25, 0.3) is 10.2 Å². The summed E-state index contributed by atoms with van der Waals surface area (Å²) in [5.74, 6) is 0.884. The van der Waals surface area contributed by atoms with E-state index in [0.29, 0.717) is 0 Å². The molecule has 0 fully saturated rings. The Morgan fingerprint density at radius 2 is 1.95 bits per heavy atom. The zero-order chi connectivity index (χ0) is 14.1. The van der Waals surface area contributed by atoms with Gasteiger partial charge in [-0.05, 0) is 49.6 Å². The average molecular weight is 283 g/mol. The summed E-state index contributed by atoms with van der Waals surface area (Å²) in [6.45, 7) is 6.40. The second-order valence-electron chi connectivity index (χ2n) is 4.93.